The summed E-state index contributed by atoms with van der Waals surface area (Å²) < 4.78 is 27.0. The zero-order chi connectivity index (χ0) is 18.1. The van der Waals surface area contributed by atoms with Crippen LogP contribution in [0.3, 0.4) is 0 Å². The van der Waals surface area contributed by atoms with E-state index in [1.807, 2.05) is 11.6 Å². The Bertz CT molecular complexity index is 781. The number of nitrogens with zero attached hydrogens (tertiary/aromatic N) is 1. The number of benzene rings is 1. The fourth-order valence-corrected chi connectivity index (χ4v) is 4.99. The number of amides is 1. The molecule has 10 heteroatoms. The van der Waals surface area contributed by atoms with Crippen molar-refractivity contribution in [2.45, 2.75) is 37.5 Å². The van der Waals surface area contributed by atoms with E-state index in [9.17, 15) is 23.3 Å². The fourth-order valence-electron chi connectivity index (χ4n) is 2.87. The molecule has 0 spiro atoms. The van der Waals surface area contributed by atoms with Gasteiger partial charge >= 0.3 is 0 Å². The van der Waals surface area contributed by atoms with Crippen LogP contribution < -0.4 is 10.5 Å². The Labute approximate surface area is 148 Å². The molecule has 24 heavy (non-hydrogen) atoms. The number of carbonyl (C=O) groups is 1. The van der Waals surface area contributed by atoms with E-state index in [2.05, 4.69) is 15.9 Å². The van der Waals surface area contributed by atoms with Gasteiger partial charge < -0.3 is 5.73 Å². The van der Waals surface area contributed by atoms with Gasteiger partial charge in [0.2, 0.25) is 5.91 Å². The predicted octanol–water partition coefficient (Wildman–Crippen LogP) is 2.57. The number of nitro benzene ring substituents is 1. The van der Waals surface area contributed by atoms with Crippen LogP contribution in [-0.4, -0.2) is 19.2 Å². The van der Waals surface area contributed by atoms with Crippen LogP contribution in [0.1, 0.15) is 32.6 Å². The van der Waals surface area contributed by atoms with Gasteiger partial charge in [-0.05, 0) is 40.8 Å². The molecule has 132 valence electrons. The Morgan fingerprint density at radius 1 is 1.42 bits per heavy atom. The smallest absolute Gasteiger partial charge is 0.293 e. The van der Waals surface area contributed by atoms with Crippen LogP contribution in [0.4, 0.5) is 11.4 Å². The third-order valence-corrected chi connectivity index (χ3v) is 6.41. The van der Waals surface area contributed by atoms with Crippen LogP contribution in [0.5, 0.6) is 0 Å². The lowest BCUT2D eigenvalue weighted by molar-refractivity contribution is -0.384. The van der Waals surface area contributed by atoms with Crippen molar-refractivity contribution in [1.82, 2.24) is 4.72 Å². The molecular weight excluding hydrogens is 402 g/mol. The van der Waals surface area contributed by atoms with Crippen molar-refractivity contribution in [1.29, 1.82) is 0 Å². The SMILES string of the molecule is C[C@H]1CCC[C@H](C(=O)NS(=O)(=O)c2cc([N+](=O)[O-])c(N)cc2Br)C1. The van der Waals surface area contributed by atoms with E-state index >= 15 is 0 Å². The van der Waals surface area contributed by atoms with E-state index in [4.69, 9.17) is 5.73 Å². The minimum atomic E-state index is -4.24. The maximum atomic E-state index is 12.4. The number of hydrogen-bond donors (Lipinski definition) is 2. The second-order valence-electron chi connectivity index (χ2n) is 6.04. The summed E-state index contributed by atoms with van der Waals surface area (Å²) in [4.78, 5) is 22.1. The maximum absolute atomic E-state index is 12.4. The van der Waals surface area contributed by atoms with E-state index in [1.54, 1.807) is 0 Å². The molecule has 3 N–H and O–H groups in total. The first kappa shape index (κ1) is 18.7. The average Bonchev–Trinajstić information content (AvgIpc) is 2.45. The highest BCUT2D eigenvalue weighted by atomic mass is 79.9. The first-order chi connectivity index (χ1) is 11.1. The second-order valence-corrected chi connectivity index (χ2v) is 8.54. The average molecular weight is 420 g/mol. The van der Waals surface area contributed by atoms with Gasteiger partial charge in [-0.1, -0.05) is 19.8 Å². The molecule has 1 aliphatic carbocycles. The van der Waals surface area contributed by atoms with Gasteiger partial charge in [0.05, 0.1) is 4.92 Å². The summed E-state index contributed by atoms with van der Waals surface area (Å²) in [6.07, 6.45) is 3.15. The number of anilines is 1. The molecule has 8 nitrogen and oxygen atoms in total. The molecule has 0 aromatic heterocycles. The number of sulfonamides is 1. The van der Waals surface area contributed by atoms with Gasteiger partial charge in [0.25, 0.3) is 15.7 Å². The van der Waals surface area contributed by atoms with Gasteiger partial charge in [-0.15, -0.1) is 0 Å². The predicted molar refractivity (Wildman–Crippen MR) is 91.7 cm³/mol. The molecule has 2 atom stereocenters. The van der Waals surface area contributed by atoms with Crippen molar-refractivity contribution in [2.75, 3.05) is 5.73 Å². The van der Waals surface area contributed by atoms with Gasteiger partial charge in [0.1, 0.15) is 10.6 Å². The molecule has 0 radical (unpaired) electrons. The Morgan fingerprint density at radius 3 is 2.67 bits per heavy atom. The van der Waals surface area contributed by atoms with Crippen molar-refractivity contribution in [3.05, 3.63) is 26.7 Å². The summed E-state index contributed by atoms with van der Waals surface area (Å²) in [5.74, 6) is -0.583. The van der Waals surface area contributed by atoms with E-state index in [0.29, 0.717) is 18.8 Å². The Morgan fingerprint density at radius 2 is 2.08 bits per heavy atom. The number of halogens is 1. The Kier molecular flexibility index (Phi) is 5.49. The summed E-state index contributed by atoms with van der Waals surface area (Å²) in [6.45, 7) is 2.02. The largest absolute Gasteiger partial charge is 0.393 e. The molecule has 0 heterocycles. The van der Waals surface area contributed by atoms with Crippen LogP contribution in [-0.2, 0) is 14.8 Å². The standard InChI is InChI=1S/C14H18BrN3O5S/c1-8-3-2-4-9(5-8)14(19)17-24(22,23)13-7-12(18(20)21)11(16)6-10(13)15/h6-9H,2-5,16H2,1H3,(H,17,19)/t8-,9-/m0/s1. The molecule has 1 amide bonds. The number of nitrogens with two attached hydrogens (primary N) is 1. The van der Waals surface area contributed by atoms with E-state index in [1.165, 1.54) is 0 Å². The van der Waals surface area contributed by atoms with Gasteiger partial charge in [0.15, 0.2) is 0 Å². The quantitative estimate of drug-likeness (QED) is 0.437. The zero-order valence-electron chi connectivity index (χ0n) is 13.0. The van der Waals surface area contributed by atoms with Crippen molar-refractivity contribution in [3.63, 3.8) is 0 Å². The topological polar surface area (TPSA) is 132 Å². The normalized spacial score (nSPS) is 21.2. The third-order valence-electron chi connectivity index (χ3n) is 4.11. The zero-order valence-corrected chi connectivity index (χ0v) is 15.4. The number of nitrogen functional groups attached to an aromatic ring is 1. The van der Waals surface area contributed by atoms with Gasteiger partial charge in [0, 0.05) is 16.5 Å². The van der Waals surface area contributed by atoms with Crippen molar-refractivity contribution < 1.29 is 18.1 Å². The van der Waals surface area contributed by atoms with E-state index < -0.39 is 26.5 Å². The number of nitro groups is 1. The van der Waals surface area contributed by atoms with Gasteiger partial charge in [-0.3, -0.25) is 14.9 Å². The van der Waals surface area contributed by atoms with Crippen molar-refractivity contribution in [3.8, 4) is 0 Å². The van der Waals surface area contributed by atoms with Crippen LogP contribution in [0.25, 0.3) is 0 Å². The molecule has 1 aromatic carbocycles. The molecule has 0 bridgehead atoms. The molecule has 1 aliphatic rings. The molecule has 0 aliphatic heterocycles. The number of hydrogen-bond acceptors (Lipinski definition) is 6. The number of rotatable bonds is 4. The Balaban J connectivity index is 2.29. The van der Waals surface area contributed by atoms with Crippen LogP contribution in [0.15, 0.2) is 21.5 Å². The molecule has 0 unspecified atom stereocenters. The molecular formula is C14H18BrN3O5S. The maximum Gasteiger partial charge on any atom is 0.293 e. The first-order valence-electron chi connectivity index (χ1n) is 7.42. The second kappa shape index (κ2) is 7.06. The van der Waals surface area contributed by atoms with Gasteiger partial charge in [-0.25, -0.2) is 13.1 Å². The van der Waals surface area contributed by atoms with Crippen LogP contribution in [0, 0.1) is 22.0 Å². The number of nitrogens with one attached hydrogen (secondary N) is 1. The fraction of sp³-hybridized carbons (Fsp3) is 0.500. The highest BCUT2D eigenvalue weighted by Gasteiger charge is 2.30. The highest BCUT2D eigenvalue weighted by Crippen LogP contribution is 2.33. The lowest BCUT2D eigenvalue weighted by atomic mass is 9.82. The summed E-state index contributed by atoms with van der Waals surface area (Å²) in [5, 5.41) is 10.9. The lowest BCUT2D eigenvalue weighted by Gasteiger charge is -2.25. The van der Waals surface area contributed by atoms with Crippen LogP contribution in [0.2, 0.25) is 0 Å². The minimum Gasteiger partial charge on any atom is -0.393 e. The minimum absolute atomic E-state index is 0.0583. The molecule has 1 aromatic rings. The summed E-state index contributed by atoms with van der Waals surface area (Å²) in [7, 11) is -4.24. The monoisotopic (exact) mass is 419 g/mol. The third kappa shape index (κ3) is 4.04. The molecule has 1 fully saturated rings. The summed E-state index contributed by atoms with van der Waals surface area (Å²) in [5.41, 5.74) is 4.82. The molecule has 0 saturated heterocycles. The summed E-state index contributed by atoms with van der Waals surface area (Å²) in [6, 6.07) is 1.98. The van der Waals surface area contributed by atoms with Crippen molar-refractivity contribution >= 4 is 43.2 Å². The summed E-state index contributed by atoms with van der Waals surface area (Å²) >= 11 is 3.03. The molecule has 2 rings (SSSR count). The molecule has 1 saturated carbocycles. The Hall–Kier alpha value is -1.68. The van der Waals surface area contributed by atoms with Crippen molar-refractivity contribution in [2.24, 2.45) is 11.8 Å². The first-order valence-corrected chi connectivity index (χ1v) is 9.69. The highest BCUT2D eigenvalue weighted by molar-refractivity contribution is 9.10. The lowest BCUT2D eigenvalue weighted by Crippen LogP contribution is -2.37. The van der Waals surface area contributed by atoms with Gasteiger partial charge in [-0.2, -0.15) is 0 Å². The number of carbonyl (C=O) groups excluding carboxylic acids is 1. The van der Waals surface area contributed by atoms with E-state index in [-0.39, 0.29) is 21.0 Å². The van der Waals surface area contributed by atoms with Crippen LogP contribution >= 0.6 is 15.9 Å². The van der Waals surface area contributed by atoms with E-state index in [0.717, 1.165) is 25.0 Å².